The fourth-order valence-corrected chi connectivity index (χ4v) is 2.19. The van der Waals surface area contributed by atoms with Gasteiger partial charge < -0.3 is 9.15 Å². The van der Waals surface area contributed by atoms with Gasteiger partial charge in [0.25, 0.3) is 5.91 Å². The number of hydrazone groups is 1. The van der Waals surface area contributed by atoms with Gasteiger partial charge >= 0.3 is 5.97 Å². The Kier molecular flexibility index (Phi) is 5.19. The normalized spacial score (nSPS) is 10.7. The van der Waals surface area contributed by atoms with Crippen LogP contribution in [-0.2, 0) is 4.74 Å². The van der Waals surface area contributed by atoms with Gasteiger partial charge in [-0.15, -0.1) is 0 Å². The summed E-state index contributed by atoms with van der Waals surface area (Å²) in [5.41, 5.74) is 4.14. The summed E-state index contributed by atoms with van der Waals surface area (Å²) in [5, 5.41) is 3.87. The zero-order valence-corrected chi connectivity index (χ0v) is 13.9. The molecule has 0 spiro atoms. The second kappa shape index (κ2) is 7.89. The summed E-state index contributed by atoms with van der Waals surface area (Å²) in [7, 11) is 1.34. The van der Waals surface area contributed by atoms with Crippen LogP contribution in [0.5, 0.6) is 0 Å². The Morgan fingerprint density at radius 3 is 2.46 bits per heavy atom. The smallest absolute Gasteiger partial charge is 0.337 e. The Hall–Kier alpha value is -3.74. The average molecular weight is 349 g/mol. The molecule has 0 aliphatic carbocycles. The highest BCUT2D eigenvalue weighted by Crippen LogP contribution is 2.22. The van der Waals surface area contributed by atoms with Crippen LogP contribution in [0.1, 0.15) is 26.5 Å². The number of hydrogen-bond donors (Lipinski definition) is 1. The summed E-state index contributed by atoms with van der Waals surface area (Å²) >= 11 is 0. The third-order valence-electron chi connectivity index (χ3n) is 3.52. The first-order valence-electron chi connectivity index (χ1n) is 7.69. The number of nitrogens with zero attached hydrogens (tertiary/aromatic N) is 2. The van der Waals surface area contributed by atoms with Crippen LogP contribution >= 0.6 is 0 Å². The number of carbonyl (C=O) groups excluding carboxylic acids is 2. The Morgan fingerprint density at radius 2 is 1.77 bits per heavy atom. The maximum absolute atomic E-state index is 11.9. The molecule has 1 aromatic carbocycles. The van der Waals surface area contributed by atoms with E-state index in [1.165, 1.54) is 25.7 Å². The third kappa shape index (κ3) is 4.02. The first-order valence-corrected chi connectivity index (χ1v) is 7.69. The van der Waals surface area contributed by atoms with Crippen molar-refractivity contribution in [1.29, 1.82) is 0 Å². The Morgan fingerprint density at radius 1 is 1.04 bits per heavy atom. The van der Waals surface area contributed by atoms with Crippen molar-refractivity contribution in [2.75, 3.05) is 7.11 Å². The van der Waals surface area contributed by atoms with Gasteiger partial charge in [-0.25, -0.2) is 10.2 Å². The van der Waals surface area contributed by atoms with E-state index in [4.69, 9.17) is 4.42 Å². The zero-order chi connectivity index (χ0) is 18.4. The molecule has 3 rings (SSSR count). The van der Waals surface area contributed by atoms with Crippen molar-refractivity contribution in [3.8, 4) is 11.3 Å². The number of nitrogens with one attached hydrogen (secondary N) is 1. The minimum Gasteiger partial charge on any atom is -0.465 e. The molecule has 0 aliphatic heterocycles. The first-order chi connectivity index (χ1) is 12.7. The van der Waals surface area contributed by atoms with Crippen LogP contribution in [0.4, 0.5) is 0 Å². The lowest BCUT2D eigenvalue weighted by molar-refractivity contribution is 0.0600. The van der Waals surface area contributed by atoms with Crippen molar-refractivity contribution in [3.05, 3.63) is 77.8 Å². The molecule has 7 nitrogen and oxygen atoms in total. The summed E-state index contributed by atoms with van der Waals surface area (Å²) in [6, 6.07) is 13.5. The molecule has 1 N–H and O–H groups in total. The molecular formula is C19H15N3O4. The summed E-state index contributed by atoms with van der Waals surface area (Å²) in [5.74, 6) is 0.359. The van der Waals surface area contributed by atoms with Crippen molar-refractivity contribution < 1.29 is 18.7 Å². The van der Waals surface area contributed by atoms with Crippen LogP contribution in [0.3, 0.4) is 0 Å². The number of hydrogen-bond acceptors (Lipinski definition) is 6. The van der Waals surface area contributed by atoms with Crippen LogP contribution in [0.2, 0.25) is 0 Å². The molecule has 130 valence electrons. The molecule has 7 heteroatoms. The topological polar surface area (TPSA) is 93.8 Å². The van der Waals surface area contributed by atoms with Crippen molar-refractivity contribution >= 4 is 18.1 Å². The summed E-state index contributed by atoms with van der Waals surface area (Å²) in [4.78, 5) is 27.1. The standard InChI is InChI=1S/C19H15N3O4/c1-25-19(24)15-4-2-13(3-5-15)17-7-6-16(26-17)12-21-22-18(23)14-8-10-20-11-9-14/h2-12H,1H3,(H,22,23)/b21-12-. The maximum atomic E-state index is 11.9. The number of amides is 1. The molecule has 0 fully saturated rings. The summed E-state index contributed by atoms with van der Waals surface area (Å²) in [6.45, 7) is 0. The number of methoxy groups -OCH3 is 1. The number of furan rings is 1. The lowest BCUT2D eigenvalue weighted by Crippen LogP contribution is -2.17. The van der Waals surface area contributed by atoms with Crippen molar-refractivity contribution in [1.82, 2.24) is 10.4 Å². The second-order valence-electron chi connectivity index (χ2n) is 5.21. The molecular weight excluding hydrogens is 334 g/mol. The molecule has 0 radical (unpaired) electrons. The van der Waals surface area contributed by atoms with E-state index >= 15 is 0 Å². The van der Waals surface area contributed by atoms with Crippen molar-refractivity contribution in [2.45, 2.75) is 0 Å². The van der Waals surface area contributed by atoms with Gasteiger partial charge in [0.15, 0.2) is 0 Å². The summed E-state index contributed by atoms with van der Waals surface area (Å²) in [6.07, 6.45) is 4.47. The predicted molar refractivity (Wildman–Crippen MR) is 94.8 cm³/mol. The van der Waals surface area contributed by atoms with E-state index in [2.05, 4.69) is 20.2 Å². The summed E-state index contributed by atoms with van der Waals surface area (Å²) < 4.78 is 10.3. The molecule has 3 aromatic rings. The maximum Gasteiger partial charge on any atom is 0.337 e. The lowest BCUT2D eigenvalue weighted by Gasteiger charge is -2.00. The highest BCUT2D eigenvalue weighted by Gasteiger charge is 2.08. The van der Waals surface area contributed by atoms with E-state index in [0.717, 1.165) is 5.56 Å². The van der Waals surface area contributed by atoms with E-state index in [1.807, 2.05) is 0 Å². The van der Waals surface area contributed by atoms with Gasteiger partial charge in [-0.1, -0.05) is 12.1 Å². The highest BCUT2D eigenvalue weighted by molar-refractivity contribution is 5.94. The number of benzene rings is 1. The second-order valence-corrected chi connectivity index (χ2v) is 5.21. The molecule has 0 unspecified atom stereocenters. The van der Waals surface area contributed by atoms with Crippen molar-refractivity contribution in [3.63, 3.8) is 0 Å². The third-order valence-corrected chi connectivity index (χ3v) is 3.52. The van der Waals surface area contributed by atoms with Crippen molar-refractivity contribution in [2.24, 2.45) is 5.10 Å². The number of esters is 1. The number of ether oxygens (including phenoxy) is 1. The van der Waals surface area contributed by atoms with Crippen LogP contribution in [0.15, 0.2) is 70.4 Å². The molecule has 0 bridgehead atoms. The number of pyridine rings is 1. The molecule has 0 saturated carbocycles. The van der Waals surface area contributed by atoms with Crippen LogP contribution < -0.4 is 5.43 Å². The van der Waals surface area contributed by atoms with Crippen LogP contribution in [-0.4, -0.2) is 30.2 Å². The van der Waals surface area contributed by atoms with Crippen LogP contribution in [0, 0.1) is 0 Å². The predicted octanol–water partition coefficient (Wildman–Crippen LogP) is 2.89. The van der Waals surface area contributed by atoms with Gasteiger partial charge in [-0.05, 0) is 36.4 Å². The van der Waals surface area contributed by atoms with E-state index < -0.39 is 5.97 Å². The van der Waals surface area contributed by atoms with Crippen LogP contribution in [0.25, 0.3) is 11.3 Å². The lowest BCUT2D eigenvalue weighted by atomic mass is 10.1. The minimum atomic E-state index is -0.395. The average Bonchev–Trinajstić information content (AvgIpc) is 3.17. The molecule has 2 heterocycles. The molecule has 2 aromatic heterocycles. The number of carbonyl (C=O) groups is 2. The van der Waals surface area contributed by atoms with Gasteiger partial charge in [-0.3, -0.25) is 9.78 Å². The molecule has 26 heavy (non-hydrogen) atoms. The molecule has 0 atom stereocenters. The fraction of sp³-hybridized carbons (Fsp3) is 0.0526. The molecule has 1 amide bonds. The first kappa shape index (κ1) is 17.1. The number of aromatic nitrogens is 1. The van der Waals surface area contributed by atoms with E-state index in [0.29, 0.717) is 22.6 Å². The fourth-order valence-electron chi connectivity index (χ4n) is 2.19. The van der Waals surface area contributed by atoms with Gasteiger partial charge in [0, 0.05) is 23.5 Å². The Labute approximate surface area is 149 Å². The minimum absolute atomic E-state index is 0.339. The quantitative estimate of drug-likeness (QED) is 0.434. The molecule has 0 saturated heterocycles. The van der Waals surface area contributed by atoms with E-state index in [9.17, 15) is 9.59 Å². The van der Waals surface area contributed by atoms with Gasteiger partial charge in [0.05, 0.1) is 18.9 Å². The largest absolute Gasteiger partial charge is 0.465 e. The Bertz CT molecular complexity index is 931. The SMILES string of the molecule is COC(=O)c1ccc(-c2ccc(/C=N\NC(=O)c3ccncc3)o2)cc1. The van der Waals surface area contributed by atoms with Gasteiger partial charge in [0.1, 0.15) is 11.5 Å². The van der Waals surface area contributed by atoms with Gasteiger partial charge in [-0.2, -0.15) is 5.10 Å². The Balaban J connectivity index is 1.64. The monoisotopic (exact) mass is 349 g/mol. The zero-order valence-electron chi connectivity index (χ0n) is 13.9. The number of rotatable bonds is 5. The van der Waals surface area contributed by atoms with E-state index in [1.54, 1.807) is 48.5 Å². The van der Waals surface area contributed by atoms with E-state index in [-0.39, 0.29) is 5.91 Å². The highest BCUT2D eigenvalue weighted by atomic mass is 16.5. The van der Waals surface area contributed by atoms with Gasteiger partial charge in [0.2, 0.25) is 0 Å². The molecule has 0 aliphatic rings.